The number of hydrogen-bond donors (Lipinski definition) is 3. The fraction of sp³-hybridized carbons (Fsp3) is 0.947. The Bertz CT molecular complexity index is 382. The quantitative estimate of drug-likeness (QED) is 0.252. The first-order valence-electron chi connectivity index (χ1n) is 10.1. The Kier molecular flexibility index (Phi) is 13.9. The van der Waals surface area contributed by atoms with Gasteiger partial charge in [-0.2, -0.15) is 0 Å². The molecular formula is C19H42IN5O. The first-order chi connectivity index (χ1) is 12.0. The lowest BCUT2D eigenvalue weighted by Gasteiger charge is -2.36. The third kappa shape index (κ3) is 8.71. The lowest BCUT2D eigenvalue weighted by Crippen LogP contribution is -2.52. The zero-order valence-corrected chi connectivity index (χ0v) is 19.9. The fourth-order valence-corrected chi connectivity index (χ4v) is 3.37. The Morgan fingerprint density at radius 1 is 1.12 bits per heavy atom. The molecule has 0 aromatic heterocycles. The molecular weight excluding hydrogens is 441 g/mol. The van der Waals surface area contributed by atoms with Crippen LogP contribution in [0.5, 0.6) is 0 Å². The number of aliphatic hydroxyl groups excluding tert-OH is 1. The molecule has 0 radical (unpaired) electrons. The summed E-state index contributed by atoms with van der Waals surface area (Å²) in [4.78, 5) is 9.77. The van der Waals surface area contributed by atoms with Crippen molar-refractivity contribution in [2.45, 2.75) is 53.0 Å². The number of aliphatic imine (C=N–C) groups is 1. The molecule has 6 nitrogen and oxygen atoms in total. The van der Waals surface area contributed by atoms with E-state index in [0.29, 0.717) is 6.04 Å². The minimum atomic E-state index is 0. The van der Waals surface area contributed by atoms with Crippen LogP contribution in [0.1, 0.15) is 47.0 Å². The Labute approximate surface area is 178 Å². The van der Waals surface area contributed by atoms with Crippen LogP contribution < -0.4 is 10.6 Å². The highest BCUT2D eigenvalue weighted by Crippen LogP contribution is 2.30. The SMILES string of the molecule is CCNC(=NCC(CC)(CC)CCO)NCC(C)N1CCN(C)CC1.I. The Morgan fingerprint density at radius 2 is 1.73 bits per heavy atom. The van der Waals surface area contributed by atoms with Gasteiger partial charge in [0, 0.05) is 58.5 Å². The molecule has 26 heavy (non-hydrogen) atoms. The van der Waals surface area contributed by atoms with Crippen molar-refractivity contribution in [2.75, 3.05) is 59.5 Å². The minimum absolute atomic E-state index is 0. The molecule has 1 aliphatic heterocycles. The summed E-state index contributed by atoms with van der Waals surface area (Å²) in [7, 11) is 2.19. The molecule has 0 bridgehead atoms. The average molecular weight is 483 g/mol. The molecule has 1 rings (SSSR count). The van der Waals surface area contributed by atoms with Gasteiger partial charge in [0.05, 0.1) is 0 Å². The van der Waals surface area contributed by atoms with Gasteiger partial charge in [-0.1, -0.05) is 13.8 Å². The number of rotatable bonds is 10. The first kappa shape index (κ1) is 25.9. The van der Waals surface area contributed by atoms with E-state index in [2.05, 4.69) is 55.2 Å². The van der Waals surface area contributed by atoms with Crippen LogP contribution in [-0.4, -0.2) is 86.4 Å². The van der Waals surface area contributed by atoms with Crippen molar-refractivity contribution in [1.82, 2.24) is 20.4 Å². The number of halogens is 1. The Morgan fingerprint density at radius 3 is 2.23 bits per heavy atom. The molecule has 0 spiro atoms. The van der Waals surface area contributed by atoms with Crippen LogP contribution in [0.2, 0.25) is 0 Å². The van der Waals surface area contributed by atoms with Crippen molar-refractivity contribution >= 4 is 29.9 Å². The van der Waals surface area contributed by atoms with Gasteiger partial charge in [-0.05, 0) is 45.6 Å². The molecule has 3 N–H and O–H groups in total. The Balaban J connectivity index is 0.00000625. The van der Waals surface area contributed by atoms with E-state index in [1.54, 1.807) is 0 Å². The smallest absolute Gasteiger partial charge is 0.191 e. The van der Waals surface area contributed by atoms with Crippen molar-refractivity contribution in [3.63, 3.8) is 0 Å². The number of hydrogen-bond acceptors (Lipinski definition) is 4. The second kappa shape index (κ2) is 14.0. The van der Waals surface area contributed by atoms with Gasteiger partial charge in [0.15, 0.2) is 5.96 Å². The number of guanidine groups is 1. The zero-order valence-electron chi connectivity index (χ0n) is 17.6. The summed E-state index contributed by atoms with van der Waals surface area (Å²) in [6.07, 6.45) is 2.91. The molecule has 1 unspecified atom stereocenters. The van der Waals surface area contributed by atoms with Crippen molar-refractivity contribution in [3.05, 3.63) is 0 Å². The van der Waals surface area contributed by atoms with E-state index < -0.39 is 0 Å². The molecule has 0 amide bonds. The third-order valence-electron chi connectivity index (χ3n) is 5.79. The molecule has 0 aromatic rings. The van der Waals surface area contributed by atoms with E-state index in [-0.39, 0.29) is 36.0 Å². The van der Waals surface area contributed by atoms with Crippen molar-refractivity contribution < 1.29 is 5.11 Å². The summed E-state index contributed by atoms with van der Waals surface area (Å²) in [5, 5.41) is 16.3. The topological polar surface area (TPSA) is 63.1 Å². The van der Waals surface area contributed by atoms with Crippen LogP contribution in [0, 0.1) is 5.41 Å². The molecule has 7 heteroatoms. The molecule has 156 valence electrons. The monoisotopic (exact) mass is 483 g/mol. The molecule has 1 fully saturated rings. The molecule has 1 aliphatic rings. The summed E-state index contributed by atoms with van der Waals surface area (Å²) in [6.45, 7) is 16.1. The van der Waals surface area contributed by atoms with Crippen LogP contribution in [-0.2, 0) is 0 Å². The number of nitrogens with zero attached hydrogens (tertiary/aromatic N) is 3. The van der Waals surface area contributed by atoms with Crippen LogP contribution in [0.3, 0.4) is 0 Å². The predicted molar refractivity (Wildman–Crippen MR) is 123 cm³/mol. The molecule has 0 aliphatic carbocycles. The summed E-state index contributed by atoms with van der Waals surface area (Å²) < 4.78 is 0. The number of piperazine rings is 1. The van der Waals surface area contributed by atoms with E-state index in [4.69, 9.17) is 4.99 Å². The summed E-state index contributed by atoms with van der Waals surface area (Å²) in [6, 6.07) is 0.497. The van der Waals surface area contributed by atoms with Crippen LogP contribution in [0.4, 0.5) is 0 Å². The standard InChI is InChI=1S/C19H41N5O.HI/c1-6-19(7-2,9-14-25)16-22-18(20-8-3)21-15-17(4)24-12-10-23(5)11-13-24;/h17,25H,6-16H2,1-5H3,(H2,20,21,22);1H. The third-order valence-corrected chi connectivity index (χ3v) is 5.79. The second-order valence-corrected chi connectivity index (χ2v) is 7.45. The van der Waals surface area contributed by atoms with E-state index in [0.717, 1.165) is 71.0 Å². The Hall–Kier alpha value is -0.120. The van der Waals surface area contributed by atoms with E-state index >= 15 is 0 Å². The maximum Gasteiger partial charge on any atom is 0.191 e. The lowest BCUT2D eigenvalue weighted by atomic mass is 9.79. The van der Waals surface area contributed by atoms with E-state index in [1.807, 2.05) is 0 Å². The fourth-order valence-electron chi connectivity index (χ4n) is 3.37. The maximum atomic E-state index is 9.38. The van der Waals surface area contributed by atoms with Crippen LogP contribution >= 0.6 is 24.0 Å². The van der Waals surface area contributed by atoms with Gasteiger partial charge in [-0.25, -0.2) is 0 Å². The molecule has 0 aromatic carbocycles. The highest BCUT2D eigenvalue weighted by molar-refractivity contribution is 14.0. The van der Waals surface area contributed by atoms with Gasteiger partial charge in [-0.3, -0.25) is 9.89 Å². The molecule has 1 atom stereocenters. The molecule has 1 heterocycles. The second-order valence-electron chi connectivity index (χ2n) is 7.45. The zero-order chi connectivity index (χ0) is 18.7. The summed E-state index contributed by atoms with van der Waals surface area (Å²) >= 11 is 0. The summed E-state index contributed by atoms with van der Waals surface area (Å²) in [5.41, 5.74) is 0.111. The summed E-state index contributed by atoms with van der Waals surface area (Å²) in [5.74, 6) is 0.896. The highest BCUT2D eigenvalue weighted by Gasteiger charge is 2.25. The van der Waals surface area contributed by atoms with Crippen molar-refractivity contribution in [3.8, 4) is 0 Å². The van der Waals surface area contributed by atoms with Gasteiger partial charge < -0.3 is 20.6 Å². The highest BCUT2D eigenvalue weighted by atomic mass is 127. The van der Waals surface area contributed by atoms with Crippen molar-refractivity contribution in [1.29, 1.82) is 0 Å². The minimum Gasteiger partial charge on any atom is -0.396 e. The van der Waals surface area contributed by atoms with Crippen molar-refractivity contribution in [2.24, 2.45) is 10.4 Å². The number of likely N-dealkylation sites (N-methyl/N-ethyl adjacent to an activating group) is 1. The lowest BCUT2D eigenvalue weighted by molar-refractivity contribution is 0.120. The average Bonchev–Trinajstić information content (AvgIpc) is 2.63. The molecule has 0 saturated carbocycles. The van der Waals surface area contributed by atoms with Crippen LogP contribution in [0.15, 0.2) is 4.99 Å². The van der Waals surface area contributed by atoms with Gasteiger partial charge in [0.2, 0.25) is 0 Å². The van der Waals surface area contributed by atoms with Gasteiger partial charge in [0.25, 0.3) is 0 Å². The first-order valence-corrected chi connectivity index (χ1v) is 10.1. The predicted octanol–water partition coefficient (Wildman–Crippen LogP) is 1.98. The van der Waals surface area contributed by atoms with Gasteiger partial charge in [-0.15, -0.1) is 24.0 Å². The van der Waals surface area contributed by atoms with E-state index in [9.17, 15) is 5.11 Å². The normalized spacial score (nSPS) is 18.3. The van der Waals surface area contributed by atoms with E-state index in [1.165, 1.54) is 0 Å². The largest absolute Gasteiger partial charge is 0.396 e. The number of nitrogens with one attached hydrogen (secondary N) is 2. The van der Waals surface area contributed by atoms with Gasteiger partial charge in [0.1, 0.15) is 0 Å². The number of aliphatic hydroxyl groups is 1. The maximum absolute atomic E-state index is 9.38. The van der Waals surface area contributed by atoms with Crippen LogP contribution in [0.25, 0.3) is 0 Å². The molecule has 1 saturated heterocycles. The van der Waals surface area contributed by atoms with Gasteiger partial charge >= 0.3 is 0 Å².